The maximum Gasteiger partial charge on any atom is 0.332 e. The number of benzene rings is 1. The highest BCUT2D eigenvalue weighted by Crippen LogP contribution is 2.00. The van der Waals surface area contributed by atoms with Crippen molar-refractivity contribution in [3.05, 3.63) is 35.9 Å². The molecule has 28 heavy (non-hydrogen) atoms. The van der Waals surface area contributed by atoms with Gasteiger partial charge in [0.2, 0.25) is 0 Å². The predicted molar refractivity (Wildman–Crippen MR) is 104 cm³/mol. The Labute approximate surface area is 167 Å². The molecule has 0 heterocycles. The minimum absolute atomic E-state index is 0.0523. The average molecular weight is 396 g/mol. The Hall–Kier alpha value is -1.80. The zero-order valence-corrected chi connectivity index (χ0v) is 16.7. The third-order valence-corrected chi connectivity index (χ3v) is 3.56. The van der Waals surface area contributed by atoms with Crippen molar-refractivity contribution in [2.24, 2.45) is 0 Å². The summed E-state index contributed by atoms with van der Waals surface area (Å²) in [5.41, 5.74) is 0.934. The molecule has 0 saturated carbocycles. The highest BCUT2D eigenvalue weighted by molar-refractivity contribution is 5.79. The minimum atomic E-state index is -0.408. The Morgan fingerprint density at radius 2 is 1.43 bits per heavy atom. The summed E-state index contributed by atoms with van der Waals surface area (Å²) < 4.78 is 26.2. The normalized spacial score (nSPS) is 10.8. The fraction of sp³-hybridized carbons (Fsp3) is 0.619. The van der Waals surface area contributed by atoms with Crippen LogP contribution in [-0.4, -0.2) is 64.6 Å². The van der Waals surface area contributed by atoms with Crippen molar-refractivity contribution >= 4 is 11.8 Å². The van der Waals surface area contributed by atoms with Crippen LogP contribution in [0.15, 0.2) is 30.3 Å². The van der Waals surface area contributed by atoms with Gasteiger partial charge in [0.1, 0.15) is 19.8 Å². The molecule has 0 fully saturated rings. The first-order chi connectivity index (χ1) is 13.7. The van der Waals surface area contributed by atoms with E-state index in [2.05, 4.69) is 0 Å². The average Bonchev–Trinajstić information content (AvgIpc) is 2.71. The molecule has 0 unspecified atom stereocenters. The van der Waals surface area contributed by atoms with E-state index in [9.17, 15) is 9.59 Å². The molecule has 0 aliphatic rings. The van der Waals surface area contributed by atoms with E-state index in [0.717, 1.165) is 12.0 Å². The first-order valence-electron chi connectivity index (χ1n) is 9.74. The molecule has 158 valence electrons. The summed E-state index contributed by atoms with van der Waals surface area (Å²) in [6, 6.07) is 9.47. The molecular formula is C21H32O7. The molecule has 0 saturated heterocycles. The Kier molecular flexibility index (Phi) is 15.0. The molecule has 0 N–H and O–H groups in total. The lowest BCUT2D eigenvalue weighted by molar-refractivity contribution is -0.150. The lowest BCUT2D eigenvalue weighted by Crippen LogP contribution is -2.16. The Morgan fingerprint density at radius 3 is 2.14 bits per heavy atom. The van der Waals surface area contributed by atoms with Crippen molar-refractivity contribution in [2.45, 2.75) is 32.8 Å². The van der Waals surface area contributed by atoms with Gasteiger partial charge >= 0.3 is 5.97 Å². The summed E-state index contributed by atoms with van der Waals surface area (Å²) in [6.07, 6.45) is 2.03. The zero-order valence-electron chi connectivity index (χ0n) is 16.7. The van der Waals surface area contributed by atoms with Crippen molar-refractivity contribution < 1.29 is 33.3 Å². The van der Waals surface area contributed by atoms with Gasteiger partial charge in [-0.2, -0.15) is 0 Å². The van der Waals surface area contributed by atoms with Crippen LogP contribution in [0.1, 0.15) is 31.7 Å². The van der Waals surface area contributed by atoms with Gasteiger partial charge in [0.05, 0.1) is 26.4 Å². The molecule has 0 radical (unpaired) electrons. The molecule has 1 aromatic carbocycles. The zero-order chi connectivity index (χ0) is 20.3. The van der Waals surface area contributed by atoms with Crippen LogP contribution in [0.5, 0.6) is 0 Å². The van der Waals surface area contributed by atoms with Crippen LogP contribution in [-0.2, 0) is 39.9 Å². The number of carbonyl (C=O) groups is 2. The van der Waals surface area contributed by atoms with Crippen LogP contribution in [0, 0.1) is 0 Å². The molecule has 0 atom stereocenters. The summed E-state index contributed by atoms with van der Waals surface area (Å²) in [4.78, 5) is 23.1. The molecule has 0 bridgehead atoms. The van der Waals surface area contributed by atoms with Crippen LogP contribution in [0.25, 0.3) is 0 Å². The van der Waals surface area contributed by atoms with Gasteiger partial charge in [-0.05, 0) is 18.4 Å². The van der Waals surface area contributed by atoms with Crippen molar-refractivity contribution in [1.29, 1.82) is 0 Å². The number of ether oxygens (including phenoxy) is 5. The van der Waals surface area contributed by atoms with Gasteiger partial charge in [-0.3, -0.25) is 4.79 Å². The number of Topliss-reactive ketones (excluding diaryl/α,β-unsaturated/α-hetero) is 1. The molecule has 0 amide bonds. The third kappa shape index (κ3) is 14.3. The van der Waals surface area contributed by atoms with Gasteiger partial charge in [0.15, 0.2) is 5.78 Å². The molecule has 0 aliphatic carbocycles. The van der Waals surface area contributed by atoms with Gasteiger partial charge in [-0.1, -0.05) is 37.3 Å². The van der Waals surface area contributed by atoms with Crippen molar-refractivity contribution in [3.8, 4) is 0 Å². The highest BCUT2D eigenvalue weighted by Gasteiger charge is 2.04. The maximum absolute atomic E-state index is 11.6. The lowest BCUT2D eigenvalue weighted by atomic mass is 10.2. The summed E-state index contributed by atoms with van der Waals surface area (Å²) in [7, 11) is 0. The van der Waals surface area contributed by atoms with Gasteiger partial charge in [-0.25, -0.2) is 4.79 Å². The number of esters is 1. The van der Waals surface area contributed by atoms with Gasteiger partial charge in [0, 0.05) is 19.6 Å². The Morgan fingerprint density at radius 1 is 0.786 bits per heavy atom. The smallest absolute Gasteiger partial charge is 0.332 e. The summed E-state index contributed by atoms with van der Waals surface area (Å²) in [5, 5.41) is 0. The molecule has 7 nitrogen and oxygen atoms in total. The van der Waals surface area contributed by atoms with Crippen LogP contribution in [0.3, 0.4) is 0 Å². The van der Waals surface area contributed by atoms with Gasteiger partial charge in [0.25, 0.3) is 0 Å². The molecular weight excluding hydrogens is 364 g/mol. The predicted octanol–water partition coefficient (Wildman–Crippen LogP) is 2.56. The fourth-order valence-corrected chi connectivity index (χ4v) is 2.15. The van der Waals surface area contributed by atoms with E-state index in [0.29, 0.717) is 52.5 Å². The molecule has 7 heteroatoms. The Bertz CT molecular complexity index is 519. The fourth-order valence-electron chi connectivity index (χ4n) is 2.15. The van der Waals surface area contributed by atoms with E-state index < -0.39 is 5.97 Å². The van der Waals surface area contributed by atoms with E-state index in [4.69, 9.17) is 23.7 Å². The first-order valence-corrected chi connectivity index (χ1v) is 9.74. The molecule has 0 spiro atoms. The van der Waals surface area contributed by atoms with E-state index in [1.54, 1.807) is 0 Å². The summed E-state index contributed by atoms with van der Waals surface area (Å²) in [6.45, 7) is 5.10. The minimum Gasteiger partial charge on any atom is -0.459 e. The topological polar surface area (TPSA) is 80.3 Å². The van der Waals surface area contributed by atoms with Crippen LogP contribution in [0.2, 0.25) is 0 Å². The second-order valence-electron chi connectivity index (χ2n) is 6.12. The van der Waals surface area contributed by atoms with E-state index in [1.807, 2.05) is 37.3 Å². The van der Waals surface area contributed by atoms with Gasteiger partial charge < -0.3 is 23.7 Å². The van der Waals surface area contributed by atoms with Gasteiger partial charge in [-0.15, -0.1) is 0 Å². The number of carbonyl (C=O) groups excluding carboxylic acids is 2. The third-order valence-electron chi connectivity index (χ3n) is 3.56. The summed E-state index contributed by atoms with van der Waals surface area (Å²) in [5.74, 6) is -0.356. The standard InChI is InChI=1S/C21H32O7/c1-2-10-24-12-14-26-17-20(22)9-6-11-25-13-15-27-18-21(23)28-16-19-7-4-3-5-8-19/h3-5,7-8H,2,6,9-18H2,1H3. The van der Waals surface area contributed by atoms with Crippen molar-refractivity contribution in [2.75, 3.05) is 52.9 Å². The quantitative estimate of drug-likeness (QED) is 0.279. The van der Waals surface area contributed by atoms with E-state index in [-0.39, 0.29) is 25.6 Å². The number of hydrogen-bond acceptors (Lipinski definition) is 7. The second kappa shape index (κ2) is 17.3. The number of hydrogen-bond donors (Lipinski definition) is 0. The highest BCUT2D eigenvalue weighted by atomic mass is 16.6. The second-order valence-corrected chi connectivity index (χ2v) is 6.12. The SMILES string of the molecule is CCCOCCOCC(=O)CCCOCCOCC(=O)OCc1ccccc1. The van der Waals surface area contributed by atoms with E-state index in [1.165, 1.54) is 0 Å². The first kappa shape index (κ1) is 24.2. The maximum atomic E-state index is 11.6. The molecule has 1 aromatic rings. The monoisotopic (exact) mass is 396 g/mol. The largest absolute Gasteiger partial charge is 0.459 e. The Balaban J connectivity index is 1.84. The van der Waals surface area contributed by atoms with Crippen LogP contribution < -0.4 is 0 Å². The van der Waals surface area contributed by atoms with Crippen LogP contribution >= 0.6 is 0 Å². The van der Waals surface area contributed by atoms with E-state index >= 15 is 0 Å². The van der Waals surface area contributed by atoms with Crippen LogP contribution in [0.4, 0.5) is 0 Å². The molecule has 0 aliphatic heterocycles. The van der Waals surface area contributed by atoms with Crippen molar-refractivity contribution in [3.63, 3.8) is 0 Å². The number of ketones is 1. The molecule has 1 rings (SSSR count). The summed E-state index contributed by atoms with van der Waals surface area (Å²) >= 11 is 0. The molecule has 0 aromatic heterocycles. The number of rotatable bonds is 18. The van der Waals surface area contributed by atoms with Crippen molar-refractivity contribution in [1.82, 2.24) is 0 Å². The lowest BCUT2D eigenvalue weighted by Gasteiger charge is -2.07.